The first kappa shape index (κ1) is 36.3. The SMILES string of the molecule is Cc1c(C(=O)O)n2c3ccc(Cl)c(c13)-c1c(nn(C)c1C)CN(C(=O)c1ccccn1)Cc1cc(n(C)n1)CSc1cc(c3ccc(F)cc3c1)OCCC2. The van der Waals surface area contributed by atoms with Crippen LogP contribution in [0.15, 0.2) is 77.8 Å². The van der Waals surface area contributed by atoms with E-state index < -0.39 is 5.97 Å². The Morgan fingerprint density at radius 2 is 1.80 bits per heavy atom. The number of carbonyl (C=O) groups is 2. The number of benzene rings is 3. The number of halogens is 2. The fourth-order valence-corrected chi connectivity index (χ4v) is 8.77. The van der Waals surface area contributed by atoms with E-state index in [1.54, 1.807) is 74.0 Å². The smallest absolute Gasteiger partial charge is 0.352 e. The van der Waals surface area contributed by atoms with Crippen molar-refractivity contribution < 1.29 is 23.8 Å². The Morgan fingerprint density at radius 1 is 0.964 bits per heavy atom. The number of aromatic carboxylic acids is 1. The number of carbonyl (C=O) groups excluding carboxylic acids is 1. The van der Waals surface area contributed by atoms with Gasteiger partial charge in [0.2, 0.25) is 0 Å². The van der Waals surface area contributed by atoms with Crippen LogP contribution < -0.4 is 4.74 Å². The highest BCUT2D eigenvalue weighted by molar-refractivity contribution is 7.98. The largest absolute Gasteiger partial charge is 0.493 e. The minimum Gasteiger partial charge on any atom is -0.493 e. The third-order valence-electron chi connectivity index (χ3n) is 10.2. The maximum absolute atomic E-state index is 14.4. The van der Waals surface area contributed by atoms with E-state index in [-0.39, 0.29) is 42.8 Å². The lowest BCUT2D eigenvalue weighted by molar-refractivity contribution is 0.0682. The fourth-order valence-electron chi connectivity index (χ4n) is 7.53. The number of aromatic nitrogens is 6. The van der Waals surface area contributed by atoms with Crippen molar-refractivity contribution in [2.24, 2.45) is 14.1 Å². The number of rotatable bonds is 2. The number of pyridine rings is 1. The van der Waals surface area contributed by atoms with Gasteiger partial charge in [0, 0.05) is 81.3 Å². The predicted octanol–water partition coefficient (Wildman–Crippen LogP) is 8.35. The molecule has 3 aromatic carbocycles. The summed E-state index contributed by atoms with van der Waals surface area (Å²) in [4.78, 5) is 34.1. The quantitative estimate of drug-likeness (QED) is 0.186. The Labute approximate surface area is 325 Å². The molecule has 11 nitrogen and oxygen atoms in total. The normalized spacial score (nSPS) is 13.8. The number of thioether (sulfide) groups is 1. The molecule has 8 bridgehead atoms. The molecule has 0 spiro atoms. The van der Waals surface area contributed by atoms with E-state index in [4.69, 9.17) is 26.5 Å². The summed E-state index contributed by atoms with van der Waals surface area (Å²) in [5.74, 6) is -0.542. The summed E-state index contributed by atoms with van der Waals surface area (Å²) in [6.07, 6.45) is 2.07. The van der Waals surface area contributed by atoms with E-state index in [2.05, 4.69) is 4.98 Å². The first-order valence-corrected chi connectivity index (χ1v) is 19.1. The summed E-state index contributed by atoms with van der Waals surface area (Å²) in [5.41, 5.74) is 6.08. The maximum Gasteiger partial charge on any atom is 0.352 e. The molecular weight excluding hydrogens is 741 g/mol. The van der Waals surface area contributed by atoms with E-state index in [1.807, 2.05) is 45.3 Å². The molecule has 0 saturated carbocycles. The Bertz CT molecular complexity index is 2650. The van der Waals surface area contributed by atoms with Crippen molar-refractivity contribution >= 4 is 56.9 Å². The van der Waals surface area contributed by atoms with E-state index >= 15 is 0 Å². The van der Waals surface area contributed by atoms with Gasteiger partial charge in [-0.05, 0) is 91.9 Å². The number of aryl methyl sites for hydroxylation is 4. The lowest BCUT2D eigenvalue weighted by atomic mass is 9.96. The molecule has 0 radical (unpaired) electrons. The first-order valence-electron chi connectivity index (χ1n) is 17.8. The standard InChI is InChI=1S/C41H37ClFN7O4S/c1-23-36-34-12-11-31(42)38(36)37-24(2)47(3)46-33(37)21-49(40(51)32-8-5-6-13-44-32)20-27-18-28(48(4)45-27)22-55-29-17-25-16-26(43)9-10-30(25)35(19-29)54-15-7-14-50(34)39(23)41(52)53/h5-6,8-13,16-19H,7,14-15,20-22H2,1-4H3,(H,52,53). The zero-order valence-electron chi connectivity index (χ0n) is 30.6. The van der Waals surface area contributed by atoms with Crippen LogP contribution in [0, 0.1) is 19.7 Å². The van der Waals surface area contributed by atoms with Crippen LogP contribution in [0.3, 0.4) is 0 Å². The van der Waals surface area contributed by atoms with Crippen molar-refractivity contribution in [2.45, 2.75) is 50.6 Å². The Hall–Kier alpha value is -5.66. The monoisotopic (exact) mass is 777 g/mol. The van der Waals surface area contributed by atoms with Crippen LogP contribution in [0.2, 0.25) is 5.02 Å². The minimum absolute atomic E-state index is 0.0963. The fraction of sp³-hybridized carbons (Fsp3) is 0.244. The molecule has 1 aliphatic heterocycles. The Kier molecular flexibility index (Phi) is 9.60. The molecule has 14 heteroatoms. The second-order valence-electron chi connectivity index (χ2n) is 13.7. The maximum atomic E-state index is 14.4. The predicted molar refractivity (Wildman–Crippen MR) is 210 cm³/mol. The highest BCUT2D eigenvalue weighted by atomic mass is 35.5. The van der Waals surface area contributed by atoms with Gasteiger partial charge in [-0.1, -0.05) is 17.7 Å². The van der Waals surface area contributed by atoms with Crippen LogP contribution in [0.4, 0.5) is 4.39 Å². The molecule has 1 amide bonds. The Morgan fingerprint density at radius 3 is 2.58 bits per heavy atom. The lowest BCUT2D eigenvalue weighted by Gasteiger charge is -2.21. The summed E-state index contributed by atoms with van der Waals surface area (Å²) in [5, 5.41) is 22.9. The van der Waals surface area contributed by atoms with E-state index in [1.165, 1.54) is 12.1 Å². The lowest BCUT2D eigenvalue weighted by Crippen LogP contribution is -2.31. The van der Waals surface area contributed by atoms with E-state index in [0.717, 1.165) is 27.2 Å². The summed E-state index contributed by atoms with van der Waals surface area (Å²) >= 11 is 8.65. The molecule has 280 valence electrons. The molecule has 1 N–H and O–H groups in total. The van der Waals surface area contributed by atoms with Gasteiger partial charge in [0.25, 0.3) is 5.91 Å². The first-order chi connectivity index (χ1) is 26.5. The van der Waals surface area contributed by atoms with Crippen molar-refractivity contribution in [3.8, 4) is 16.9 Å². The molecule has 8 rings (SSSR count). The molecule has 55 heavy (non-hydrogen) atoms. The van der Waals surface area contributed by atoms with Crippen molar-refractivity contribution in [2.75, 3.05) is 6.61 Å². The molecule has 0 atom stereocenters. The molecule has 1 aliphatic rings. The zero-order chi connectivity index (χ0) is 38.5. The van der Waals surface area contributed by atoms with E-state index in [9.17, 15) is 19.1 Å². The third-order valence-corrected chi connectivity index (χ3v) is 11.5. The number of amides is 1. The van der Waals surface area contributed by atoms with Gasteiger partial charge in [0.15, 0.2) is 0 Å². The van der Waals surface area contributed by atoms with Gasteiger partial charge in [0.05, 0.1) is 31.1 Å². The third kappa shape index (κ3) is 6.71. The van der Waals surface area contributed by atoms with Crippen LogP contribution in [0.5, 0.6) is 5.75 Å². The topological polar surface area (TPSA) is 120 Å². The van der Waals surface area contributed by atoms with Crippen molar-refractivity contribution in [3.63, 3.8) is 0 Å². The second-order valence-corrected chi connectivity index (χ2v) is 15.1. The van der Waals surface area contributed by atoms with Gasteiger partial charge in [0.1, 0.15) is 23.0 Å². The molecule has 0 unspecified atom stereocenters. The second kappa shape index (κ2) is 14.5. The number of hydrogen-bond acceptors (Lipinski definition) is 7. The van der Waals surface area contributed by atoms with Crippen LogP contribution in [0.25, 0.3) is 32.8 Å². The average Bonchev–Trinajstić information content (AvgIpc) is 3.76. The van der Waals surface area contributed by atoms with Crippen molar-refractivity contribution in [3.05, 3.63) is 123 Å². The van der Waals surface area contributed by atoms with Gasteiger partial charge in [-0.25, -0.2) is 9.18 Å². The van der Waals surface area contributed by atoms with E-state index in [0.29, 0.717) is 68.3 Å². The number of carboxylic acid groups (broad SMARTS) is 1. The van der Waals surface area contributed by atoms with Gasteiger partial charge in [-0.15, -0.1) is 11.8 Å². The number of carboxylic acids is 1. The van der Waals surface area contributed by atoms with Crippen LogP contribution in [-0.2, 0) is 39.5 Å². The minimum atomic E-state index is -1.06. The summed E-state index contributed by atoms with van der Waals surface area (Å²) in [7, 11) is 3.71. The Balaban J connectivity index is 1.31. The summed E-state index contributed by atoms with van der Waals surface area (Å²) in [6.45, 7) is 4.63. The highest BCUT2D eigenvalue weighted by Gasteiger charge is 2.29. The molecule has 5 heterocycles. The molecule has 7 aromatic rings. The number of hydrogen-bond donors (Lipinski definition) is 1. The van der Waals surface area contributed by atoms with Gasteiger partial charge in [-0.2, -0.15) is 10.2 Å². The van der Waals surface area contributed by atoms with Crippen LogP contribution >= 0.6 is 23.4 Å². The zero-order valence-corrected chi connectivity index (χ0v) is 32.2. The number of ether oxygens (including phenoxy) is 1. The summed E-state index contributed by atoms with van der Waals surface area (Å²) < 4.78 is 26.2. The van der Waals surface area contributed by atoms with Gasteiger partial charge < -0.3 is 19.3 Å². The molecular formula is C41H37ClFN7O4S. The average molecular weight is 778 g/mol. The van der Waals surface area contributed by atoms with Crippen molar-refractivity contribution in [1.82, 2.24) is 34.0 Å². The molecule has 0 aliphatic carbocycles. The van der Waals surface area contributed by atoms with Gasteiger partial charge in [-0.3, -0.25) is 19.1 Å². The van der Waals surface area contributed by atoms with Crippen LogP contribution in [-0.4, -0.2) is 57.6 Å². The van der Waals surface area contributed by atoms with Gasteiger partial charge >= 0.3 is 5.97 Å². The van der Waals surface area contributed by atoms with Crippen LogP contribution in [0.1, 0.15) is 55.7 Å². The van der Waals surface area contributed by atoms with Crippen molar-refractivity contribution in [1.29, 1.82) is 0 Å². The molecule has 4 aromatic heterocycles. The number of nitrogens with zero attached hydrogens (tertiary/aromatic N) is 7. The molecule has 0 saturated heterocycles. The number of fused-ring (bicyclic) bond motifs is 8. The molecule has 0 fully saturated rings. The summed E-state index contributed by atoms with van der Waals surface area (Å²) in [6, 6.07) is 19.3. The highest BCUT2D eigenvalue weighted by Crippen LogP contribution is 2.43.